The lowest BCUT2D eigenvalue weighted by Crippen LogP contribution is -2.57. The molecule has 1 fully saturated rings. The smallest absolute Gasteiger partial charge is 0.0378 e. The molecule has 15 heavy (non-hydrogen) atoms. The second kappa shape index (κ2) is 4.14. The maximum atomic E-state index is 3.52. The molecular formula is C12H17BrN2. The van der Waals surface area contributed by atoms with E-state index in [0.29, 0.717) is 0 Å². The highest BCUT2D eigenvalue weighted by molar-refractivity contribution is 9.10. The molecule has 0 spiro atoms. The second-order valence-electron chi connectivity index (χ2n) is 4.71. The topological polar surface area (TPSA) is 15.3 Å². The summed E-state index contributed by atoms with van der Waals surface area (Å²) in [7, 11) is 0. The predicted octanol–water partition coefficient (Wildman–Crippen LogP) is 2.64. The quantitative estimate of drug-likeness (QED) is 0.843. The number of rotatable bonds is 1. The van der Waals surface area contributed by atoms with Gasteiger partial charge in [-0.25, -0.2) is 0 Å². The summed E-state index contributed by atoms with van der Waals surface area (Å²) in [6.45, 7) is 7.69. The number of hydrogen-bond donors (Lipinski definition) is 1. The fraction of sp³-hybridized carbons (Fsp3) is 0.500. The van der Waals surface area contributed by atoms with Crippen LogP contribution in [-0.4, -0.2) is 25.2 Å². The van der Waals surface area contributed by atoms with Crippen molar-refractivity contribution in [2.75, 3.05) is 24.5 Å². The Bertz CT molecular complexity index is 349. The lowest BCUT2D eigenvalue weighted by atomic mass is 10.0. The molecule has 3 heteroatoms. The summed E-state index contributed by atoms with van der Waals surface area (Å²) < 4.78 is 1.15. The van der Waals surface area contributed by atoms with Gasteiger partial charge in [0.2, 0.25) is 0 Å². The van der Waals surface area contributed by atoms with Crippen LogP contribution in [0.4, 0.5) is 5.69 Å². The number of anilines is 1. The average Bonchev–Trinajstić information content (AvgIpc) is 2.16. The summed E-state index contributed by atoms with van der Waals surface area (Å²) in [5.74, 6) is 0. The average molecular weight is 269 g/mol. The Morgan fingerprint density at radius 1 is 1.40 bits per heavy atom. The van der Waals surface area contributed by atoms with E-state index in [0.717, 1.165) is 24.1 Å². The molecule has 1 aliphatic heterocycles. The van der Waals surface area contributed by atoms with Crippen molar-refractivity contribution in [2.24, 2.45) is 0 Å². The summed E-state index contributed by atoms with van der Waals surface area (Å²) in [6, 6.07) is 8.51. The summed E-state index contributed by atoms with van der Waals surface area (Å²) in [6.07, 6.45) is 0. The highest BCUT2D eigenvalue weighted by Gasteiger charge is 2.25. The molecule has 0 bridgehead atoms. The van der Waals surface area contributed by atoms with E-state index < -0.39 is 0 Å². The molecular weight excluding hydrogens is 252 g/mol. The SMILES string of the molecule is CC1(C)CN(c2cccc(Br)c2)CCN1. The number of nitrogens with zero attached hydrogens (tertiary/aromatic N) is 1. The van der Waals surface area contributed by atoms with Gasteiger partial charge >= 0.3 is 0 Å². The lowest BCUT2D eigenvalue weighted by Gasteiger charge is -2.40. The Balaban J connectivity index is 2.17. The minimum Gasteiger partial charge on any atom is -0.368 e. The molecule has 1 aromatic rings. The molecule has 0 radical (unpaired) electrons. The Morgan fingerprint density at radius 2 is 2.20 bits per heavy atom. The van der Waals surface area contributed by atoms with Gasteiger partial charge in [-0.05, 0) is 32.0 Å². The first-order chi connectivity index (χ1) is 7.07. The van der Waals surface area contributed by atoms with Gasteiger partial charge in [0.05, 0.1) is 0 Å². The van der Waals surface area contributed by atoms with E-state index in [9.17, 15) is 0 Å². The summed E-state index contributed by atoms with van der Waals surface area (Å²) in [4.78, 5) is 2.43. The third-order valence-electron chi connectivity index (χ3n) is 2.74. The Kier molecular flexibility index (Phi) is 3.03. The van der Waals surface area contributed by atoms with E-state index in [1.165, 1.54) is 5.69 Å². The highest BCUT2D eigenvalue weighted by atomic mass is 79.9. The first kappa shape index (κ1) is 11.0. The Morgan fingerprint density at radius 3 is 2.87 bits per heavy atom. The first-order valence-electron chi connectivity index (χ1n) is 5.32. The molecule has 0 atom stereocenters. The molecule has 0 amide bonds. The summed E-state index contributed by atoms with van der Waals surface area (Å²) in [5.41, 5.74) is 1.51. The maximum absolute atomic E-state index is 3.52. The van der Waals surface area contributed by atoms with E-state index in [2.05, 4.69) is 64.3 Å². The van der Waals surface area contributed by atoms with Crippen molar-refractivity contribution in [3.63, 3.8) is 0 Å². The van der Waals surface area contributed by atoms with Crippen molar-refractivity contribution < 1.29 is 0 Å². The van der Waals surface area contributed by atoms with Crippen molar-refractivity contribution in [3.8, 4) is 0 Å². The third kappa shape index (κ3) is 2.73. The van der Waals surface area contributed by atoms with Gasteiger partial charge in [0, 0.05) is 35.3 Å². The van der Waals surface area contributed by atoms with Crippen LogP contribution in [0.2, 0.25) is 0 Å². The molecule has 0 aromatic heterocycles. The second-order valence-corrected chi connectivity index (χ2v) is 5.63. The third-order valence-corrected chi connectivity index (χ3v) is 3.24. The van der Waals surface area contributed by atoms with Gasteiger partial charge in [-0.2, -0.15) is 0 Å². The zero-order chi connectivity index (χ0) is 10.9. The molecule has 0 saturated carbocycles. The van der Waals surface area contributed by atoms with Crippen LogP contribution in [0.3, 0.4) is 0 Å². The van der Waals surface area contributed by atoms with Crippen LogP contribution in [0, 0.1) is 0 Å². The molecule has 1 heterocycles. The van der Waals surface area contributed by atoms with Gasteiger partial charge in [-0.3, -0.25) is 0 Å². The molecule has 1 N–H and O–H groups in total. The molecule has 1 saturated heterocycles. The van der Waals surface area contributed by atoms with Crippen LogP contribution >= 0.6 is 15.9 Å². The standard InChI is InChI=1S/C12H17BrN2/c1-12(2)9-15(7-6-14-12)11-5-3-4-10(13)8-11/h3-5,8,14H,6-7,9H2,1-2H3. The van der Waals surface area contributed by atoms with Crippen LogP contribution in [0.5, 0.6) is 0 Å². The van der Waals surface area contributed by atoms with Gasteiger partial charge in [0.15, 0.2) is 0 Å². The predicted molar refractivity (Wildman–Crippen MR) is 68.4 cm³/mol. The van der Waals surface area contributed by atoms with Crippen molar-refractivity contribution >= 4 is 21.6 Å². The molecule has 1 aliphatic rings. The molecule has 1 aromatic carbocycles. The number of nitrogens with one attached hydrogen (secondary N) is 1. The zero-order valence-electron chi connectivity index (χ0n) is 9.26. The van der Waals surface area contributed by atoms with Crippen LogP contribution in [-0.2, 0) is 0 Å². The lowest BCUT2D eigenvalue weighted by molar-refractivity contribution is 0.353. The van der Waals surface area contributed by atoms with Crippen LogP contribution in [0.1, 0.15) is 13.8 Å². The molecule has 2 rings (SSSR count). The molecule has 0 unspecified atom stereocenters. The molecule has 82 valence electrons. The van der Waals surface area contributed by atoms with Crippen molar-refractivity contribution in [3.05, 3.63) is 28.7 Å². The number of hydrogen-bond acceptors (Lipinski definition) is 2. The minimum absolute atomic E-state index is 0.209. The van der Waals surface area contributed by atoms with E-state index in [1.54, 1.807) is 0 Å². The van der Waals surface area contributed by atoms with Crippen molar-refractivity contribution in [1.29, 1.82) is 0 Å². The number of halogens is 1. The maximum Gasteiger partial charge on any atom is 0.0378 e. The van der Waals surface area contributed by atoms with Crippen LogP contribution < -0.4 is 10.2 Å². The van der Waals surface area contributed by atoms with E-state index in [1.807, 2.05) is 0 Å². The van der Waals surface area contributed by atoms with Gasteiger partial charge in [0.1, 0.15) is 0 Å². The Hall–Kier alpha value is -0.540. The fourth-order valence-electron chi connectivity index (χ4n) is 2.03. The van der Waals surface area contributed by atoms with Gasteiger partial charge in [-0.15, -0.1) is 0 Å². The van der Waals surface area contributed by atoms with Crippen molar-refractivity contribution in [2.45, 2.75) is 19.4 Å². The van der Waals surface area contributed by atoms with E-state index >= 15 is 0 Å². The Labute approximate surface area is 99.8 Å². The highest BCUT2D eigenvalue weighted by Crippen LogP contribution is 2.22. The normalized spacial score (nSPS) is 20.3. The summed E-state index contributed by atoms with van der Waals surface area (Å²) in [5, 5.41) is 3.52. The molecule has 2 nitrogen and oxygen atoms in total. The minimum atomic E-state index is 0.209. The van der Waals surface area contributed by atoms with Gasteiger partial charge in [0.25, 0.3) is 0 Å². The van der Waals surface area contributed by atoms with E-state index in [-0.39, 0.29) is 5.54 Å². The largest absolute Gasteiger partial charge is 0.368 e. The zero-order valence-corrected chi connectivity index (χ0v) is 10.8. The van der Waals surface area contributed by atoms with Gasteiger partial charge < -0.3 is 10.2 Å². The van der Waals surface area contributed by atoms with Crippen LogP contribution in [0.15, 0.2) is 28.7 Å². The first-order valence-corrected chi connectivity index (χ1v) is 6.12. The number of piperazine rings is 1. The molecule has 0 aliphatic carbocycles. The monoisotopic (exact) mass is 268 g/mol. The number of benzene rings is 1. The summed E-state index contributed by atoms with van der Waals surface area (Å²) >= 11 is 3.51. The van der Waals surface area contributed by atoms with E-state index in [4.69, 9.17) is 0 Å². The fourth-order valence-corrected chi connectivity index (χ4v) is 2.42. The van der Waals surface area contributed by atoms with Crippen LogP contribution in [0.25, 0.3) is 0 Å². The van der Waals surface area contributed by atoms with Crippen molar-refractivity contribution in [1.82, 2.24) is 5.32 Å². The van der Waals surface area contributed by atoms with Gasteiger partial charge in [-0.1, -0.05) is 22.0 Å².